The molecule has 1 aliphatic carbocycles. The first-order valence-corrected chi connectivity index (χ1v) is 6.51. The van der Waals surface area contributed by atoms with Gasteiger partial charge in [0.05, 0.1) is 0 Å². The SMILES string of the molecule is CC1CC(CN)CCC1NC(=O)OC(C)(C)C. The zero-order chi connectivity index (χ0) is 13.1. The molecule has 1 saturated carbocycles. The second-order valence-corrected chi connectivity index (χ2v) is 6.14. The molecule has 4 nitrogen and oxygen atoms in total. The number of hydrogen-bond donors (Lipinski definition) is 2. The van der Waals surface area contributed by atoms with Crippen molar-refractivity contribution in [2.75, 3.05) is 6.54 Å². The van der Waals surface area contributed by atoms with Gasteiger partial charge in [-0.15, -0.1) is 0 Å². The lowest BCUT2D eigenvalue weighted by atomic mass is 9.79. The summed E-state index contributed by atoms with van der Waals surface area (Å²) in [6.45, 7) is 8.55. The van der Waals surface area contributed by atoms with E-state index in [1.54, 1.807) is 0 Å². The predicted molar refractivity (Wildman–Crippen MR) is 68.7 cm³/mol. The van der Waals surface area contributed by atoms with Crippen molar-refractivity contribution in [1.29, 1.82) is 0 Å². The highest BCUT2D eigenvalue weighted by Gasteiger charge is 2.29. The van der Waals surface area contributed by atoms with Gasteiger partial charge in [-0.25, -0.2) is 4.79 Å². The molecule has 0 bridgehead atoms. The summed E-state index contributed by atoms with van der Waals surface area (Å²) in [6.07, 6.45) is 2.89. The highest BCUT2D eigenvalue weighted by molar-refractivity contribution is 5.68. The molecule has 17 heavy (non-hydrogen) atoms. The zero-order valence-electron chi connectivity index (χ0n) is 11.5. The van der Waals surface area contributed by atoms with Crippen LogP contribution in [0.5, 0.6) is 0 Å². The Morgan fingerprint density at radius 2 is 2.06 bits per heavy atom. The van der Waals surface area contributed by atoms with Crippen LogP contribution in [-0.4, -0.2) is 24.3 Å². The molecule has 0 radical (unpaired) electrons. The minimum absolute atomic E-state index is 0.229. The van der Waals surface area contributed by atoms with Crippen molar-refractivity contribution in [3.05, 3.63) is 0 Å². The Labute approximate surface area is 104 Å². The predicted octanol–water partition coefficient (Wildman–Crippen LogP) is 2.27. The van der Waals surface area contributed by atoms with E-state index < -0.39 is 5.60 Å². The quantitative estimate of drug-likeness (QED) is 0.780. The summed E-state index contributed by atoms with van der Waals surface area (Å²) in [4.78, 5) is 11.7. The van der Waals surface area contributed by atoms with Gasteiger partial charge < -0.3 is 15.8 Å². The molecule has 0 aromatic rings. The number of carbonyl (C=O) groups excluding carboxylic acids is 1. The number of nitrogens with two attached hydrogens (primary N) is 1. The van der Waals surface area contributed by atoms with Crippen LogP contribution in [0.15, 0.2) is 0 Å². The number of rotatable bonds is 2. The molecule has 0 heterocycles. The molecule has 0 aromatic carbocycles. The fourth-order valence-corrected chi connectivity index (χ4v) is 2.40. The second-order valence-electron chi connectivity index (χ2n) is 6.14. The van der Waals surface area contributed by atoms with Crippen LogP contribution in [0.25, 0.3) is 0 Å². The van der Waals surface area contributed by atoms with E-state index in [0.717, 1.165) is 25.8 Å². The maximum atomic E-state index is 11.7. The van der Waals surface area contributed by atoms with Gasteiger partial charge in [0.15, 0.2) is 0 Å². The first-order valence-electron chi connectivity index (χ1n) is 6.51. The molecular weight excluding hydrogens is 216 g/mol. The second kappa shape index (κ2) is 5.71. The average Bonchev–Trinajstić information content (AvgIpc) is 2.18. The van der Waals surface area contributed by atoms with Gasteiger partial charge in [-0.05, 0) is 58.4 Å². The summed E-state index contributed by atoms with van der Waals surface area (Å²) in [5, 5.41) is 2.97. The minimum atomic E-state index is -0.429. The molecule has 1 fully saturated rings. The van der Waals surface area contributed by atoms with E-state index in [1.165, 1.54) is 0 Å². The summed E-state index contributed by atoms with van der Waals surface area (Å²) in [6, 6.07) is 0.229. The van der Waals surface area contributed by atoms with Crippen LogP contribution in [0.3, 0.4) is 0 Å². The summed E-state index contributed by atoms with van der Waals surface area (Å²) in [5.74, 6) is 1.09. The summed E-state index contributed by atoms with van der Waals surface area (Å²) >= 11 is 0. The van der Waals surface area contributed by atoms with E-state index in [-0.39, 0.29) is 12.1 Å². The molecular formula is C13H26N2O2. The van der Waals surface area contributed by atoms with Crippen LogP contribution in [0.1, 0.15) is 47.0 Å². The Balaban J connectivity index is 2.40. The molecule has 100 valence electrons. The van der Waals surface area contributed by atoms with Gasteiger partial charge in [0.25, 0.3) is 0 Å². The Morgan fingerprint density at radius 3 is 2.53 bits per heavy atom. The van der Waals surface area contributed by atoms with Gasteiger partial charge >= 0.3 is 6.09 Å². The molecule has 3 N–H and O–H groups in total. The van der Waals surface area contributed by atoms with Gasteiger partial charge in [0.2, 0.25) is 0 Å². The lowest BCUT2D eigenvalue weighted by molar-refractivity contribution is 0.0462. The number of ether oxygens (including phenoxy) is 1. The molecule has 0 spiro atoms. The summed E-state index contributed by atoms with van der Waals surface area (Å²) in [5.41, 5.74) is 5.25. The van der Waals surface area contributed by atoms with Crippen LogP contribution in [0.4, 0.5) is 4.79 Å². The standard InChI is InChI=1S/C13H26N2O2/c1-9-7-10(8-14)5-6-11(9)15-12(16)17-13(2,3)4/h9-11H,5-8,14H2,1-4H3,(H,15,16). The third kappa shape index (κ3) is 4.94. The minimum Gasteiger partial charge on any atom is -0.444 e. The van der Waals surface area contributed by atoms with Crippen molar-refractivity contribution < 1.29 is 9.53 Å². The third-order valence-electron chi connectivity index (χ3n) is 3.31. The lowest BCUT2D eigenvalue weighted by Crippen LogP contribution is -2.45. The van der Waals surface area contributed by atoms with E-state index in [4.69, 9.17) is 10.5 Å². The van der Waals surface area contributed by atoms with E-state index >= 15 is 0 Å². The largest absolute Gasteiger partial charge is 0.444 e. The van der Waals surface area contributed by atoms with Gasteiger partial charge in [-0.1, -0.05) is 6.92 Å². The van der Waals surface area contributed by atoms with Gasteiger partial charge in [0, 0.05) is 6.04 Å². The highest BCUT2D eigenvalue weighted by atomic mass is 16.6. The fourth-order valence-electron chi connectivity index (χ4n) is 2.40. The number of amides is 1. The topological polar surface area (TPSA) is 64.3 Å². The molecule has 0 aliphatic heterocycles. The number of alkyl carbamates (subject to hydrolysis) is 1. The normalized spacial score (nSPS) is 29.8. The van der Waals surface area contributed by atoms with Crippen LogP contribution in [0, 0.1) is 11.8 Å². The summed E-state index contributed by atoms with van der Waals surface area (Å²) in [7, 11) is 0. The van der Waals surface area contributed by atoms with Gasteiger partial charge in [0.1, 0.15) is 5.60 Å². The molecule has 1 rings (SSSR count). The van der Waals surface area contributed by atoms with Crippen LogP contribution >= 0.6 is 0 Å². The van der Waals surface area contributed by atoms with E-state index in [2.05, 4.69) is 12.2 Å². The van der Waals surface area contributed by atoms with Crippen LogP contribution in [-0.2, 0) is 4.74 Å². The first-order chi connectivity index (χ1) is 7.81. The van der Waals surface area contributed by atoms with Crippen molar-refractivity contribution in [2.45, 2.75) is 58.6 Å². The maximum Gasteiger partial charge on any atom is 0.407 e. The summed E-state index contributed by atoms with van der Waals surface area (Å²) < 4.78 is 5.27. The highest BCUT2D eigenvalue weighted by Crippen LogP contribution is 2.28. The number of carbonyl (C=O) groups is 1. The maximum absolute atomic E-state index is 11.7. The molecule has 0 saturated heterocycles. The monoisotopic (exact) mass is 242 g/mol. The Hall–Kier alpha value is -0.770. The van der Waals surface area contributed by atoms with Crippen molar-refractivity contribution in [1.82, 2.24) is 5.32 Å². The number of hydrogen-bond acceptors (Lipinski definition) is 3. The third-order valence-corrected chi connectivity index (χ3v) is 3.31. The van der Waals surface area contributed by atoms with Crippen LogP contribution in [0.2, 0.25) is 0 Å². The van der Waals surface area contributed by atoms with Gasteiger partial charge in [-0.3, -0.25) is 0 Å². The molecule has 0 aromatic heterocycles. The Kier molecular flexibility index (Phi) is 4.80. The molecule has 4 heteroatoms. The van der Waals surface area contributed by atoms with E-state index in [9.17, 15) is 4.79 Å². The zero-order valence-corrected chi connectivity index (χ0v) is 11.5. The molecule has 1 aliphatic rings. The van der Waals surface area contributed by atoms with Crippen molar-refractivity contribution in [3.8, 4) is 0 Å². The van der Waals surface area contributed by atoms with Gasteiger partial charge in [-0.2, -0.15) is 0 Å². The molecule has 3 atom stereocenters. The van der Waals surface area contributed by atoms with Crippen molar-refractivity contribution >= 4 is 6.09 Å². The lowest BCUT2D eigenvalue weighted by Gasteiger charge is -2.34. The first kappa shape index (κ1) is 14.3. The van der Waals surface area contributed by atoms with E-state index in [0.29, 0.717) is 11.8 Å². The van der Waals surface area contributed by atoms with Crippen LogP contribution < -0.4 is 11.1 Å². The Morgan fingerprint density at radius 1 is 1.41 bits per heavy atom. The van der Waals surface area contributed by atoms with E-state index in [1.807, 2.05) is 20.8 Å². The average molecular weight is 242 g/mol. The number of nitrogens with one attached hydrogen (secondary N) is 1. The molecule has 1 amide bonds. The Bertz CT molecular complexity index is 261. The fraction of sp³-hybridized carbons (Fsp3) is 0.923. The van der Waals surface area contributed by atoms with Crippen molar-refractivity contribution in [2.24, 2.45) is 17.6 Å². The smallest absolute Gasteiger partial charge is 0.407 e. The molecule has 3 unspecified atom stereocenters. The van der Waals surface area contributed by atoms with Crippen molar-refractivity contribution in [3.63, 3.8) is 0 Å².